The Bertz CT molecular complexity index is 1190. The van der Waals surface area contributed by atoms with E-state index in [9.17, 15) is 24.0 Å². The molecule has 0 saturated carbocycles. The fraction of sp³-hybridized carbons (Fsp3) is 0.381. The topological polar surface area (TPSA) is 189 Å². The number of rotatable bonds is 10. The van der Waals surface area contributed by atoms with Crippen molar-refractivity contribution < 1.29 is 43.0 Å². The highest BCUT2D eigenvalue weighted by atomic mass is 32.2. The second-order valence-electron chi connectivity index (χ2n) is 7.32. The van der Waals surface area contributed by atoms with Crippen molar-refractivity contribution in [1.29, 1.82) is 0 Å². The Labute approximate surface area is 218 Å². The van der Waals surface area contributed by atoms with Gasteiger partial charge in [-0.1, -0.05) is 11.2 Å². The van der Waals surface area contributed by atoms with E-state index in [0.717, 1.165) is 18.3 Å². The number of carbonyl (C=O) groups excluding carboxylic acids is 5. The number of nitrogens with two attached hydrogens (primary N) is 1. The number of β-lactam (4-membered cyclic amide) rings is 1. The first-order valence-corrected chi connectivity index (χ1v) is 12.5. The van der Waals surface area contributed by atoms with Gasteiger partial charge in [0.25, 0.3) is 11.8 Å². The van der Waals surface area contributed by atoms with Gasteiger partial charge in [-0.2, -0.15) is 0 Å². The van der Waals surface area contributed by atoms with Crippen molar-refractivity contribution in [3.63, 3.8) is 0 Å². The summed E-state index contributed by atoms with van der Waals surface area (Å²) in [5, 5.41) is 7.40. The Morgan fingerprint density at radius 1 is 1.24 bits per heavy atom. The van der Waals surface area contributed by atoms with Crippen LogP contribution in [0.25, 0.3) is 0 Å². The lowest BCUT2D eigenvalue weighted by atomic mass is 10.0. The molecule has 2 aliphatic heterocycles. The molecule has 1 aromatic rings. The molecule has 1 saturated heterocycles. The number of amides is 2. The normalized spacial score (nSPS) is 19.2. The lowest BCUT2D eigenvalue weighted by molar-refractivity contribution is -0.166. The summed E-state index contributed by atoms with van der Waals surface area (Å²) in [5.74, 6) is -3.08. The van der Waals surface area contributed by atoms with Gasteiger partial charge in [0.15, 0.2) is 10.8 Å². The third-order valence-electron chi connectivity index (χ3n) is 4.79. The van der Waals surface area contributed by atoms with Crippen molar-refractivity contribution in [2.75, 3.05) is 32.0 Å². The van der Waals surface area contributed by atoms with E-state index in [0.29, 0.717) is 5.57 Å². The van der Waals surface area contributed by atoms with Gasteiger partial charge in [-0.25, -0.2) is 9.78 Å². The fourth-order valence-corrected chi connectivity index (χ4v) is 5.12. The second-order valence-corrected chi connectivity index (χ2v) is 9.31. The number of nitrogens with one attached hydrogen (secondary N) is 1. The number of thiazole rings is 1. The van der Waals surface area contributed by atoms with E-state index < -0.39 is 47.9 Å². The van der Waals surface area contributed by atoms with E-state index in [-0.39, 0.29) is 34.6 Å². The van der Waals surface area contributed by atoms with Gasteiger partial charge in [-0.3, -0.25) is 24.1 Å². The molecule has 2 atom stereocenters. The average molecular weight is 554 g/mol. The summed E-state index contributed by atoms with van der Waals surface area (Å²) >= 11 is 2.39. The van der Waals surface area contributed by atoms with Gasteiger partial charge in [0.1, 0.15) is 36.5 Å². The summed E-state index contributed by atoms with van der Waals surface area (Å²) in [4.78, 5) is 70.8. The third-order valence-corrected chi connectivity index (χ3v) is 6.77. The quantitative estimate of drug-likeness (QED) is 0.129. The minimum absolute atomic E-state index is 0.0436. The van der Waals surface area contributed by atoms with E-state index in [1.807, 2.05) is 0 Å². The molecular formula is C21H23N5O9S2. The van der Waals surface area contributed by atoms with Gasteiger partial charge in [0.05, 0.1) is 0 Å². The van der Waals surface area contributed by atoms with Crippen molar-refractivity contribution in [1.82, 2.24) is 15.2 Å². The van der Waals surface area contributed by atoms with Gasteiger partial charge in [-0.15, -0.1) is 23.1 Å². The lowest BCUT2D eigenvalue weighted by Crippen LogP contribution is -2.71. The zero-order valence-corrected chi connectivity index (χ0v) is 21.6. The predicted octanol–water partition coefficient (Wildman–Crippen LogP) is -0.0871. The summed E-state index contributed by atoms with van der Waals surface area (Å²) in [6.07, 6.45) is 3.04. The van der Waals surface area contributed by atoms with Gasteiger partial charge < -0.3 is 30.1 Å². The molecule has 0 spiro atoms. The standard InChI is InChI=1S/C21H23N5O9S2/c1-10(27)33-6-4-5-12-7-36-19-15(18(30)26(19)16(12)20(31)35-9-34-11(2)28)24-17(29)14(25-32-3)13-8-37-21(22)23-13/h4-5,8,15,19H,6-7,9H2,1-3H3,(H2,22,23)(H,24,29)/b5-4-,25-14-/t15?,19-/m1/s1. The molecule has 3 rings (SSSR count). The van der Waals surface area contributed by atoms with Crippen molar-refractivity contribution >= 4 is 63.7 Å². The maximum atomic E-state index is 13.1. The van der Waals surface area contributed by atoms with Crippen molar-refractivity contribution in [3.05, 3.63) is 34.5 Å². The van der Waals surface area contributed by atoms with Crippen LogP contribution in [0, 0.1) is 0 Å². The molecule has 3 N–H and O–H groups in total. The smallest absolute Gasteiger partial charge is 0.358 e. The minimum Gasteiger partial charge on any atom is -0.462 e. The summed E-state index contributed by atoms with van der Waals surface area (Å²) in [6.45, 7) is 1.72. The first kappa shape index (κ1) is 27.7. The molecule has 1 aromatic heterocycles. The number of oxime groups is 1. The zero-order chi connectivity index (χ0) is 27.1. The average Bonchev–Trinajstić information content (AvgIpc) is 3.28. The van der Waals surface area contributed by atoms with Crippen LogP contribution in [-0.2, 0) is 43.0 Å². The number of fused-ring (bicyclic) bond motifs is 1. The van der Waals surface area contributed by atoms with Crippen LogP contribution in [-0.4, -0.2) is 83.0 Å². The van der Waals surface area contributed by atoms with Gasteiger partial charge in [0.2, 0.25) is 6.79 Å². The highest BCUT2D eigenvalue weighted by Gasteiger charge is 2.54. The number of hydrogen-bond acceptors (Lipinski definition) is 14. The first-order chi connectivity index (χ1) is 17.6. The van der Waals surface area contributed by atoms with E-state index in [4.69, 9.17) is 20.0 Å². The van der Waals surface area contributed by atoms with Crippen molar-refractivity contribution in [2.45, 2.75) is 25.3 Å². The molecule has 2 amide bonds. The van der Waals surface area contributed by atoms with Crippen LogP contribution < -0.4 is 11.1 Å². The van der Waals surface area contributed by atoms with Gasteiger partial charge in [-0.05, 0) is 11.6 Å². The number of aromatic nitrogens is 1. The molecule has 0 aliphatic carbocycles. The number of carbonyl (C=O) groups is 5. The number of allylic oxidation sites excluding steroid dienone is 1. The number of anilines is 1. The Balaban J connectivity index is 1.79. The zero-order valence-electron chi connectivity index (χ0n) is 19.9. The lowest BCUT2D eigenvalue weighted by Gasteiger charge is -2.49. The molecule has 0 radical (unpaired) electrons. The molecule has 2 aliphatic rings. The van der Waals surface area contributed by atoms with E-state index in [1.165, 1.54) is 48.2 Å². The van der Waals surface area contributed by atoms with Crippen LogP contribution in [0.3, 0.4) is 0 Å². The van der Waals surface area contributed by atoms with Gasteiger partial charge >= 0.3 is 17.9 Å². The molecule has 1 unspecified atom stereocenters. The monoisotopic (exact) mass is 553 g/mol. The first-order valence-electron chi connectivity index (χ1n) is 10.6. The summed E-state index contributed by atoms with van der Waals surface area (Å²) in [6, 6.07) is -0.988. The highest BCUT2D eigenvalue weighted by Crippen LogP contribution is 2.41. The number of esters is 3. The van der Waals surface area contributed by atoms with Crippen LogP contribution in [0.15, 0.2) is 34.0 Å². The summed E-state index contributed by atoms with van der Waals surface area (Å²) in [7, 11) is 1.26. The molecule has 1 fully saturated rings. The number of ether oxygens (including phenoxy) is 3. The Kier molecular flexibility index (Phi) is 9.24. The Hall–Kier alpha value is -3.92. The fourth-order valence-electron chi connectivity index (χ4n) is 3.25. The molecule has 16 heteroatoms. The van der Waals surface area contributed by atoms with E-state index in [2.05, 4.69) is 20.2 Å². The predicted molar refractivity (Wildman–Crippen MR) is 131 cm³/mol. The molecule has 14 nitrogen and oxygen atoms in total. The largest absolute Gasteiger partial charge is 0.462 e. The van der Waals surface area contributed by atoms with Crippen molar-refractivity contribution in [3.8, 4) is 0 Å². The molecule has 0 bridgehead atoms. The second kappa shape index (κ2) is 12.4. The highest BCUT2D eigenvalue weighted by molar-refractivity contribution is 8.00. The molecule has 198 valence electrons. The molecule has 37 heavy (non-hydrogen) atoms. The van der Waals surface area contributed by atoms with Crippen LogP contribution in [0.4, 0.5) is 5.13 Å². The Morgan fingerprint density at radius 2 is 1.97 bits per heavy atom. The summed E-state index contributed by atoms with van der Waals surface area (Å²) < 4.78 is 14.5. The van der Waals surface area contributed by atoms with Crippen molar-refractivity contribution in [2.24, 2.45) is 5.16 Å². The summed E-state index contributed by atoms with van der Waals surface area (Å²) in [5.41, 5.74) is 5.98. The van der Waals surface area contributed by atoms with Crippen LogP contribution in [0.2, 0.25) is 0 Å². The maximum Gasteiger partial charge on any atom is 0.358 e. The molecular weight excluding hydrogens is 530 g/mol. The molecule has 3 heterocycles. The van der Waals surface area contributed by atoms with Crippen LogP contribution >= 0.6 is 23.1 Å². The number of nitrogen functional groups attached to an aromatic ring is 1. The maximum absolute atomic E-state index is 13.1. The van der Waals surface area contributed by atoms with E-state index >= 15 is 0 Å². The number of hydrogen-bond donors (Lipinski definition) is 2. The van der Waals surface area contributed by atoms with E-state index in [1.54, 1.807) is 0 Å². The van der Waals surface area contributed by atoms with Gasteiger partial charge in [0, 0.05) is 25.0 Å². The Morgan fingerprint density at radius 3 is 2.59 bits per heavy atom. The molecule has 0 aromatic carbocycles. The number of thioether (sulfide) groups is 1. The SMILES string of the molecule is CO/N=C(\C(=O)NC1C(=O)N2C(C(=O)OCOC(C)=O)=C(/C=C\COC(C)=O)CS[C@H]12)c1csc(N)n1. The minimum atomic E-state index is -0.988. The third kappa shape index (κ3) is 6.65. The van der Waals surface area contributed by atoms with Crippen LogP contribution in [0.1, 0.15) is 19.5 Å². The van der Waals surface area contributed by atoms with Crippen LogP contribution in [0.5, 0.6) is 0 Å². The number of nitrogens with zero attached hydrogens (tertiary/aromatic N) is 3.